The van der Waals surface area contributed by atoms with E-state index in [0.717, 1.165) is 5.56 Å². The van der Waals surface area contributed by atoms with E-state index in [-0.39, 0.29) is 17.9 Å². The molecule has 29 heavy (non-hydrogen) atoms. The second kappa shape index (κ2) is 7.95. The zero-order valence-electron chi connectivity index (χ0n) is 16.7. The van der Waals surface area contributed by atoms with Crippen molar-refractivity contribution in [2.75, 3.05) is 20.8 Å². The fourth-order valence-electron chi connectivity index (χ4n) is 3.64. The van der Waals surface area contributed by atoms with Gasteiger partial charge in [-0.2, -0.15) is 4.98 Å². The molecule has 1 saturated heterocycles. The van der Waals surface area contributed by atoms with Crippen LogP contribution in [0.25, 0.3) is 11.5 Å². The van der Waals surface area contributed by atoms with E-state index < -0.39 is 0 Å². The van der Waals surface area contributed by atoms with E-state index in [1.807, 2.05) is 54.3 Å². The van der Waals surface area contributed by atoms with Gasteiger partial charge in [0.25, 0.3) is 5.89 Å². The summed E-state index contributed by atoms with van der Waals surface area (Å²) in [5.41, 5.74) is 1.82. The Kier molecular flexibility index (Phi) is 5.20. The van der Waals surface area contributed by atoms with E-state index >= 15 is 0 Å². The van der Waals surface area contributed by atoms with Gasteiger partial charge in [-0.1, -0.05) is 35.5 Å². The van der Waals surface area contributed by atoms with Crippen molar-refractivity contribution in [3.05, 3.63) is 59.9 Å². The van der Waals surface area contributed by atoms with Crippen molar-refractivity contribution in [1.29, 1.82) is 0 Å². The Labute approximate surface area is 169 Å². The van der Waals surface area contributed by atoms with Gasteiger partial charge in [-0.25, -0.2) is 0 Å². The summed E-state index contributed by atoms with van der Waals surface area (Å²) in [4.78, 5) is 19.0. The number of carbonyl (C=O) groups excluding carboxylic acids is 1. The molecule has 150 valence electrons. The molecule has 1 amide bonds. The van der Waals surface area contributed by atoms with E-state index in [2.05, 4.69) is 10.1 Å². The van der Waals surface area contributed by atoms with Crippen LogP contribution in [0.5, 0.6) is 11.5 Å². The summed E-state index contributed by atoms with van der Waals surface area (Å²) in [7, 11) is 3.18. The summed E-state index contributed by atoms with van der Waals surface area (Å²) in [6, 6.07) is 15.4. The molecule has 0 saturated carbocycles. The Morgan fingerprint density at radius 1 is 1.10 bits per heavy atom. The van der Waals surface area contributed by atoms with Gasteiger partial charge in [-0.15, -0.1) is 0 Å². The third-order valence-corrected chi connectivity index (χ3v) is 5.31. The first-order valence-electron chi connectivity index (χ1n) is 9.50. The molecular weight excluding hydrogens is 370 g/mol. The topological polar surface area (TPSA) is 77.7 Å². The third-order valence-electron chi connectivity index (χ3n) is 5.31. The fraction of sp³-hybridized carbons (Fsp3) is 0.318. The molecule has 1 aliphatic rings. The minimum absolute atomic E-state index is 0.00252. The van der Waals surface area contributed by atoms with Crippen molar-refractivity contribution in [3.63, 3.8) is 0 Å². The molecule has 0 spiro atoms. The number of hydrogen-bond donors (Lipinski definition) is 0. The highest BCUT2D eigenvalue weighted by molar-refractivity contribution is 5.80. The zero-order valence-corrected chi connectivity index (χ0v) is 16.7. The van der Waals surface area contributed by atoms with E-state index in [1.54, 1.807) is 20.3 Å². The van der Waals surface area contributed by atoms with Gasteiger partial charge in [0.2, 0.25) is 5.91 Å². The minimum atomic E-state index is -0.0985. The molecule has 1 fully saturated rings. The normalized spacial score (nSPS) is 17.4. The first-order valence-corrected chi connectivity index (χ1v) is 9.50. The molecule has 2 unspecified atom stereocenters. The van der Waals surface area contributed by atoms with Crippen LogP contribution in [0.4, 0.5) is 0 Å². The molecule has 1 aliphatic heterocycles. The van der Waals surface area contributed by atoms with E-state index in [0.29, 0.717) is 41.7 Å². The van der Waals surface area contributed by atoms with Crippen LogP contribution in [-0.2, 0) is 4.79 Å². The summed E-state index contributed by atoms with van der Waals surface area (Å²) in [5.74, 6) is 2.19. The molecule has 2 atom stereocenters. The maximum Gasteiger partial charge on any atom is 0.258 e. The number of amides is 1. The smallest absolute Gasteiger partial charge is 0.258 e. The van der Waals surface area contributed by atoms with E-state index in [9.17, 15) is 4.79 Å². The number of aromatic nitrogens is 2. The maximum absolute atomic E-state index is 12.6. The number of rotatable bonds is 6. The van der Waals surface area contributed by atoms with Crippen LogP contribution in [0.2, 0.25) is 0 Å². The summed E-state index contributed by atoms with van der Waals surface area (Å²) < 4.78 is 16.1. The highest BCUT2D eigenvalue weighted by Crippen LogP contribution is 2.34. The quantitative estimate of drug-likeness (QED) is 0.633. The van der Waals surface area contributed by atoms with Crippen LogP contribution in [0.1, 0.15) is 36.7 Å². The highest BCUT2D eigenvalue weighted by Gasteiger charge is 2.36. The second-order valence-corrected chi connectivity index (χ2v) is 7.09. The van der Waals surface area contributed by atoms with E-state index in [4.69, 9.17) is 14.0 Å². The summed E-state index contributed by atoms with van der Waals surface area (Å²) >= 11 is 0. The molecule has 0 bridgehead atoms. The summed E-state index contributed by atoms with van der Waals surface area (Å²) in [5, 5.41) is 4.14. The lowest BCUT2D eigenvalue weighted by Gasteiger charge is -2.25. The van der Waals surface area contributed by atoms with Gasteiger partial charge in [0.1, 0.15) is 11.5 Å². The van der Waals surface area contributed by atoms with Crippen LogP contribution in [0, 0.1) is 0 Å². The molecule has 0 radical (unpaired) electrons. The van der Waals surface area contributed by atoms with Gasteiger partial charge in [0.05, 0.1) is 20.3 Å². The molecule has 4 rings (SSSR count). The van der Waals surface area contributed by atoms with Crippen LogP contribution in [0.15, 0.2) is 53.1 Å². The number of nitrogens with zero attached hydrogens (tertiary/aromatic N) is 3. The van der Waals surface area contributed by atoms with Gasteiger partial charge in [0.15, 0.2) is 5.82 Å². The Balaban J connectivity index is 1.54. The standard InChI is InChI=1S/C22H23N3O4/c1-14(15-7-5-4-6-8-15)25-13-17(11-20(25)26)21-23-22(29-24-21)16-9-18(27-2)12-19(10-16)28-3/h4-10,12,14,17H,11,13H2,1-3H3. The molecule has 3 aromatic rings. The van der Waals surface area contributed by atoms with Gasteiger partial charge < -0.3 is 18.9 Å². The van der Waals surface area contributed by atoms with Crippen molar-refractivity contribution in [3.8, 4) is 23.0 Å². The highest BCUT2D eigenvalue weighted by atomic mass is 16.5. The maximum atomic E-state index is 12.6. The largest absolute Gasteiger partial charge is 0.497 e. The number of benzene rings is 2. The Hall–Kier alpha value is -3.35. The Morgan fingerprint density at radius 2 is 1.79 bits per heavy atom. The van der Waals surface area contributed by atoms with Crippen molar-refractivity contribution < 1.29 is 18.8 Å². The average Bonchev–Trinajstić information content (AvgIpc) is 3.40. The number of likely N-dealkylation sites (tertiary alicyclic amines) is 1. The van der Waals surface area contributed by atoms with Gasteiger partial charge in [0, 0.05) is 30.5 Å². The number of methoxy groups -OCH3 is 2. The molecule has 7 heteroatoms. The number of hydrogen-bond acceptors (Lipinski definition) is 6. The molecule has 0 N–H and O–H groups in total. The van der Waals surface area contributed by atoms with Crippen molar-refractivity contribution in [2.45, 2.75) is 25.3 Å². The monoisotopic (exact) mass is 393 g/mol. The lowest BCUT2D eigenvalue weighted by Crippen LogP contribution is -2.28. The fourth-order valence-corrected chi connectivity index (χ4v) is 3.64. The van der Waals surface area contributed by atoms with Gasteiger partial charge >= 0.3 is 0 Å². The van der Waals surface area contributed by atoms with Crippen molar-refractivity contribution >= 4 is 5.91 Å². The predicted octanol–water partition coefficient (Wildman–Crippen LogP) is 3.83. The zero-order chi connectivity index (χ0) is 20.4. The lowest BCUT2D eigenvalue weighted by molar-refractivity contribution is -0.129. The third kappa shape index (κ3) is 3.81. The second-order valence-electron chi connectivity index (χ2n) is 7.09. The first-order chi connectivity index (χ1) is 14.1. The molecule has 2 heterocycles. The van der Waals surface area contributed by atoms with Crippen molar-refractivity contribution in [1.82, 2.24) is 15.0 Å². The van der Waals surface area contributed by atoms with Crippen LogP contribution < -0.4 is 9.47 Å². The van der Waals surface area contributed by atoms with Crippen LogP contribution in [-0.4, -0.2) is 41.7 Å². The van der Waals surface area contributed by atoms with Gasteiger partial charge in [-0.3, -0.25) is 4.79 Å². The summed E-state index contributed by atoms with van der Waals surface area (Å²) in [6.45, 7) is 2.61. The predicted molar refractivity (Wildman–Crippen MR) is 107 cm³/mol. The van der Waals surface area contributed by atoms with Crippen LogP contribution >= 0.6 is 0 Å². The molecule has 7 nitrogen and oxygen atoms in total. The molecular formula is C22H23N3O4. The Morgan fingerprint density at radius 3 is 2.45 bits per heavy atom. The lowest BCUT2D eigenvalue weighted by atomic mass is 10.1. The Bertz CT molecular complexity index is 980. The molecule has 0 aliphatic carbocycles. The average molecular weight is 393 g/mol. The first kappa shape index (κ1) is 19.0. The number of ether oxygens (including phenoxy) is 2. The summed E-state index contributed by atoms with van der Waals surface area (Å²) in [6.07, 6.45) is 0.373. The number of carbonyl (C=O) groups is 1. The van der Waals surface area contributed by atoms with Crippen molar-refractivity contribution in [2.24, 2.45) is 0 Å². The molecule has 2 aromatic carbocycles. The SMILES string of the molecule is COc1cc(OC)cc(-c2nc(C3CC(=O)N(C(C)c4ccccc4)C3)no2)c1. The van der Waals surface area contributed by atoms with E-state index in [1.165, 1.54) is 0 Å². The van der Waals surface area contributed by atoms with Gasteiger partial charge in [-0.05, 0) is 24.6 Å². The minimum Gasteiger partial charge on any atom is -0.497 e. The molecule has 1 aromatic heterocycles. The van der Waals surface area contributed by atoms with Crippen LogP contribution in [0.3, 0.4) is 0 Å².